The molecule has 1 unspecified atom stereocenters. The number of pyridine rings is 1. The number of hydrogen-bond acceptors (Lipinski definition) is 4. The number of carbonyl (C=O) groups is 1. The molecule has 2 fully saturated rings. The maximum atomic E-state index is 12.2. The second-order valence-corrected chi connectivity index (χ2v) is 8.58. The van der Waals surface area contributed by atoms with Crippen molar-refractivity contribution in [1.82, 2.24) is 9.88 Å². The fraction of sp³-hybridized carbons (Fsp3) is 0.700. The van der Waals surface area contributed by atoms with Crippen molar-refractivity contribution in [2.24, 2.45) is 5.92 Å². The first-order valence-electron chi connectivity index (χ1n) is 9.66. The zero-order chi connectivity index (χ0) is 18.8. The van der Waals surface area contributed by atoms with Gasteiger partial charge in [0.25, 0.3) is 0 Å². The number of likely N-dealkylation sites (tertiary alicyclic amines) is 1. The van der Waals surface area contributed by atoms with Gasteiger partial charge in [-0.3, -0.25) is 4.98 Å². The Hall–Kier alpha value is -1.56. The molecule has 3 heterocycles. The molecular weight excluding hydrogens is 327 g/mol. The third-order valence-corrected chi connectivity index (χ3v) is 5.23. The maximum absolute atomic E-state index is 12.2. The molecule has 0 N–H and O–H groups in total. The summed E-state index contributed by atoms with van der Waals surface area (Å²) < 4.78 is 11.7. The molecule has 1 aromatic heterocycles. The first-order chi connectivity index (χ1) is 12.3. The minimum atomic E-state index is -0.446. The van der Waals surface area contributed by atoms with Gasteiger partial charge in [-0.25, -0.2) is 4.79 Å². The van der Waals surface area contributed by atoms with Gasteiger partial charge >= 0.3 is 6.09 Å². The molecule has 141 valence electrons. The highest BCUT2D eigenvalue weighted by molar-refractivity contribution is 6.50. The van der Waals surface area contributed by atoms with Gasteiger partial charge in [-0.05, 0) is 64.0 Å². The predicted octanol–water partition coefficient (Wildman–Crippen LogP) is 2.81. The van der Waals surface area contributed by atoms with Crippen LogP contribution in [0.1, 0.15) is 45.7 Å². The van der Waals surface area contributed by atoms with E-state index in [0.29, 0.717) is 19.0 Å². The Morgan fingerprint density at radius 1 is 1.38 bits per heavy atom. The number of piperidine rings is 1. The summed E-state index contributed by atoms with van der Waals surface area (Å²) in [6, 6.07) is 6.20. The van der Waals surface area contributed by atoms with Crippen LogP contribution in [0, 0.1) is 5.92 Å². The molecule has 3 rings (SSSR count). The van der Waals surface area contributed by atoms with Gasteiger partial charge in [-0.2, -0.15) is 0 Å². The van der Waals surface area contributed by atoms with Crippen LogP contribution in [-0.2, 0) is 15.9 Å². The van der Waals surface area contributed by atoms with Crippen molar-refractivity contribution in [1.29, 1.82) is 0 Å². The first kappa shape index (κ1) is 19.2. The SMILES string of the molecule is C[B]c1cccc(CC2COC3(CCN(C(=O)OC(C)(C)C)CC3)C2)n1. The summed E-state index contributed by atoms with van der Waals surface area (Å²) in [5, 5.41) is 0. The van der Waals surface area contributed by atoms with Crippen molar-refractivity contribution in [3.63, 3.8) is 0 Å². The fourth-order valence-electron chi connectivity index (χ4n) is 3.91. The molecule has 1 radical (unpaired) electrons. The number of carbonyl (C=O) groups excluding carboxylic acids is 1. The third kappa shape index (κ3) is 4.79. The van der Waals surface area contributed by atoms with Gasteiger partial charge in [-0.15, -0.1) is 0 Å². The van der Waals surface area contributed by atoms with Crippen LogP contribution in [-0.4, -0.2) is 54.2 Å². The van der Waals surface area contributed by atoms with Gasteiger partial charge < -0.3 is 14.4 Å². The lowest BCUT2D eigenvalue weighted by Crippen LogP contribution is -2.47. The lowest BCUT2D eigenvalue weighted by atomic mass is 9.77. The van der Waals surface area contributed by atoms with E-state index in [1.54, 1.807) is 0 Å². The largest absolute Gasteiger partial charge is 0.444 e. The predicted molar refractivity (Wildman–Crippen MR) is 103 cm³/mol. The molecule has 1 spiro atoms. The first-order valence-corrected chi connectivity index (χ1v) is 9.66. The molecule has 1 atom stereocenters. The Balaban J connectivity index is 1.52. The van der Waals surface area contributed by atoms with Crippen LogP contribution in [0.5, 0.6) is 0 Å². The number of rotatable bonds is 3. The molecule has 26 heavy (non-hydrogen) atoms. The molecular formula is C20H30BN2O3. The molecule has 0 bridgehead atoms. The average molecular weight is 357 g/mol. The van der Waals surface area contributed by atoms with Crippen molar-refractivity contribution < 1.29 is 14.3 Å². The van der Waals surface area contributed by atoms with E-state index >= 15 is 0 Å². The molecule has 2 saturated heterocycles. The highest BCUT2D eigenvalue weighted by atomic mass is 16.6. The standard InChI is InChI=1S/C20H30BN2O3/c1-19(2,3)26-18(24)23-10-8-20(9-11-23)13-15(14-25-20)12-16-6-5-7-17(21-4)22-16/h5-7,15H,8-14H2,1-4H3. The summed E-state index contributed by atoms with van der Waals surface area (Å²) in [4.78, 5) is 18.7. The van der Waals surface area contributed by atoms with E-state index in [9.17, 15) is 4.79 Å². The Morgan fingerprint density at radius 3 is 2.77 bits per heavy atom. The summed E-state index contributed by atoms with van der Waals surface area (Å²) in [5.74, 6) is 0.502. The van der Waals surface area contributed by atoms with Gasteiger partial charge in [0, 0.05) is 18.8 Å². The Kier molecular flexibility index (Phi) is 5.61. The van der Waals surface area contributed by atoms with E-state index in [1.807, 2.05) is 45.8 Å². The molecule has 0 aliphatic carbocycles. The van der Waals surface area contributed by atoms with E-state index in [-0.39, 0.29) is 11.7 Å². The van der Waals surface area contributed by atoms with E-state index in [4.69, 9.17) is 9.47 Å². The topological polar surface area (TPSA) is 51.7 Å². The molecule has 2 aliphatic rings. The number of nitrogens with zero attached hydrogens (tertiary/aromatic N) is 2. The molecule has 1 aromatic rings. The van der Waals surface area contributed by atoms with Crippen LogP contribution >= 0.6 is 0 Å². The highest BCUT2D eigenvalue weighted by Gasteiger charge is 2.43. The van der Waals surface area contributed by atoms with Crippen molar-refractivity contribution in [3.05, 3.63) is 23.9 Å². The van der Waals surface area contributed by atoms with Crippen LogP contribution in [0.2, 0.25) is 6.82 Å². The van der Waals surface area contributed by atoms with Gasteiger partial charge in [0.1, 0.15) is 5.60 Å². The zero-order valence-corrected chi connectivity index (χ0v) is 16.5. The van der Waals surface area contributed by atoms with E-state index < -0.39 is 5.60 Å². The second-order valence-electron chi connectivity index (χ2n) is 8.58. The second kappa shape index (κ2) is 7.59. The third-order valence-electron chi connectivity index (χ3n) is 5.23. The normalized spacial score (nSPS) is 22.5. The van der Waals surface area contributed by atoms with Crippen molar-refractivity contribution in [2.45, 2.75) is 64.5 Å². The lowest BCUT2D eigenvalue weighted by molar-refractivity contribution is -0.0487. The Labute approximate surface area is 157 Å². The average Bonchev–Trinajstić information content (AvgIpc) is 2.96. The van der Waals surface area contributed by atoms with Crippen LogP contribution in [0.4, 0.5) is 4.79 Å². The summed E-state index contributed by atoms with van der Waals surface area (Å²) in [7, 11) is 2.03. The van der Waals surface area contributed by atoms with Crippen LogP contribution < -0.4 is 5.59 Å². The smallest absolute Gasteiger partial charge is 0.410 e. The summed E-state index contributed by atoms with van der Waals surface area (Å²) >= 11 is 0. The number of hydrogen-bond donors (Lipinski definition) is 0. The molecule has 2 aliphatic heterocycles. The molecule has 0 saturated carbocycles. The van der Waals surface area contributed by atoms with Crippen molar-refractivity contribution in [3.8, 4) is 0 Å². The van der Waals surface area contributed by atoms with Crippen molar-refractivity contribution >= 4 is 19.0 Å². The Bertz CT molecular complexity index is 636. The molecule has 6 heteroatoms. The molecule has 0 aromatic carbocycles. The van der Waals surface area contributed by atoms with Crippen LogP contribution in [0.15, 0.2) is 18.2 Å². The maximum Gasteiger partial charge on any atom is 0.410 e. The van der Waals surface area contributed by atoms with Gasteiger partial charge in [0.15, 0.2) is 7.28 Å². The summed E-state index contributed by atoms with van der Waals surface area (Å²) in [5.41, 5.74) is 1.65. The highest BCUT2D eigenvalue weighted by Crippen LogP contribution is 2.39. The quantitative estimate of drug-likeness (QED) is 0.781. The molecule has 1 amide bonds. The number of ether oxygens (including phenoxy) is 2. The monoisotopic (exact) mass is 357 g/mol. The number of amides is 1. The van der Waals surface area contributed by atoms with Crippen LogP contribution in [0.3, 0.4) is 0 Å². The van der Waals surface area contributed by atoms with Crippen LogP contribution in [0.25, 0.3) is 0 Å². The molecule has 5 nitrogen and oxygen atoms in total. The minimum Gasteiger partial charge on any atom is -0.444 e. The Morgan fingerprint density at radius 2 is 2.12 bits per heavy atom. The van der Waals surface area contributed by atoms with Gasteiger partial charge in [-0.1, -0.05) is 19.0 Å². The van der Waals surface area contributed by atoms with E-state index in [0.717, 1.165) is 43.6 Å². The fourth-order valence-corrected chi connectivity index (χ4v) is 3.91. The summed E-state index contributed by atoms with van der Waals surface area (Å²) in [6.07, 6.45) is 3.58. The van der Waals surface area contributed by atoms with Crippen molar-refractivity contribution in [2.75, 3.05) is 19.7 Å². The zero-order valence-electron chi connectivity index (χ0n) is 16.5. The van der Waals surface area contributed by atoms with E-state index in [1.165, 1.54) is 0 Å². The summed E-state index contributed by atoms with van der Waals surface area (Å²) in [6.45, 7) is 9.92. The lowest BCUT2D eigenvalue weighted by Gasteiger charge is -2.39. The van der Waals surface area contributed by atoms with Gasteiger partial charge in [0.2, 0.25) is 0 Å². The van der Waals surface area contributed by atoms with E-state index in [2.05, 4.69) is 17.1 Å². The minimum absolute atomic E-state index is 0.0718. The van der Waals surface area contributed by atoms with Gasteiger partial charge in [0.05, 0.1) is 12.2 Å². The number of aromatic nitrogens is 1.